The summed E-state index contributed by atoms with van der Waals surface area (Å²) in [5, 5.41) is 12.2. The lowest BCUT2D eigenvalue weighted by Gasteiger charge is -2.32. The molecule has 0 aromatic heterocycles. The third kappa shape index (κ3) is 3.46. The summed E-state index contributed by atoms with van der Waals surface area (Å²) in [6, 6.07) is 0. The van der Waals surface area contributed by atoms with Crippen LogP contribution in [-0.2, 0) is 14.8 Å². The van der Waals surface area contributed by atoms with Crippen molar-refractivity contribution in [2.75, 3.05) is 25.4 Å². The van der Waals surface area contributed by atoms with Crippen LogP contribution in [0.3, 0.4) is 0 Å². The third-order valence-corrected chi connectivity index (χ3v) is 5.86. The fraction of sp³-hybridized carbons (Fsp3) is 0.917. The molecule has 19 heavy (non-hydrogen) atoms. The van der Waals surface area contributed by atoms with Gasteiger partial charge in [0, 0.05) is 32.0 Å². The number of ether oxygens (including phenoxy) is 1. The van der Waals surface area contributed by atoms with Gasteiger partial charge in [-0.2, -0.15) is 0 Å². The molecule has 0 aliphatic carbocycles. The Hall–Kier alpha value is -0.660. The lowest BCUT2D eigenvalue weighted by Crippen LogP contribution is -2.46. The van der Waals surface area contributed by atoms with Gasteiger partial charge in [-0.1, -0.05) is 12.1 Å². The lowest BCUT2D eigenvalue weighted by molar-refractivity contribution is 0.126. The van der Waals surface area contributed by atoms with Gasteiger partial charge >= 0.3 is 0 Å². The van der Waals surface area contributed by atoms with Crippen molar-refractivity contribution in [1.82, 2.24) is 4.31 Å². The molecular formula is C12H22N2O4S. The van der Waals surface area contributed by atoms with Gasteiger partial charge in [-0.15, -0.1) is 0 Å². The van der Waals surface area contributed by atoms with Gasteiger partial charge in [0.05, 0.1) is 17.6 Å². The molecule has 0 saturated carbocycles. The van der Waals surface area contributed by atoms with Crippen LogP contribution >= 0.6 is 0 Å². The van der Waals surface area contributed by atoms with Gasteiger partial charge in [-0.3, -0.25) is 0 Å². The Morgan fingerprint density at radius 3 is 2.89 bits per heavy atom. The highest BCUT2D eigenvalue weighted by Crippen LogP contribution is 2.22. The zero-order valence-corrected chi connectivity index (χ0v) is 12.1. The van der Waals surface area contributed by atoms with E-state index >= 15 is 0 Å². The average molecular weight is 290 g/mol. The van der Waals surface area contributed by atoms with Gasteiger partial charge in [-0.25, -0.2) is 12.7 Å². The van der Waals surface area contributed by atoms with E-state index in [4.69, 9.17) is 9.94 Å². The predicted molar refractivity (Wildman–Crippen MR) is 72.0 cm³/mol. The maximum absolute atomic E-state index is 12.3. The number of piperidine rings is 1. The first-order chi connectivity index (χ1) is 9.06. The summed E-state index contributed by atoms with van der Waals surface area (Å²) in [5.41, 5.74) is 0.714. The largest absolute Gasteiger partial charge is 0.411 e. The smallest absolute Gasteiger partial charge is 0.216 e. The zero-order chi connectivity index (χ0) is 13.9. The van der Waals surface area contributed by atoms with E-state index in [0.29, 0.717) is 31.8 Å². The second-order valence-corrected chi connectivity index (χ2v) is 7.23. The summed E-state index contributed by atoms with van der Waals surface area (Å²) < 4.78 is 31.6. The molecule has 7 heteroatoms. The maximum Gasteiger partial charge on any atom is 0.216 e. The van der Waals surface area contributed by atoms with Gasteiger partial charge in [0.1, 0.15) is 0 Å². The van der Waals surface area contributed by atoms with Gasteiger partial charge in [0.25, 0.3) is 0 Å². The summed E-state index contributed by atoms with van der Waals surface area (Å²) >= 11 is 0. The molecule has 0 aromatic rings. The molecule has 2 atom stereocenters. The van der Waals surface area contributed by atoms with E-state index < -0.39 is 10.0 Å². The minimum atomic E-state index is -3.27. The molecule has 2 saturated heterocycles. The highest BCUT2D eigenvalue weighted by Gasteiger charge is 2.34. The first-order valence-corrected chi connectivity index (χ1v) is 8.48. The number of sulfonamides is 1. The fourth-order valence-corrected chi connectivity index (χ4v) is 4.47. The Morgan fingerprint density at radius 1 is 1.53 bits per heavy atom. The monoisotopic (exact) mass is 290 g/mol. The Bertz CT molecular complexity index is 429. The number of hydrogen-bond acceptors (Lipinski definition) is 5. The van der Waals surface area contributed by atoms with E-state index in [0.717, 1.165) is 19.3 Å². The van der Waals surface area contributed by atoms with Crippen molar-refractivity contribution in [3.8, 4) is 0 Å². The molecule has 0 amide bonds. The molecule has 2 heterocycles. The molecule has 0 spiro atoms. The summed E-state index contributed by atoms with van der Waals surface area (Å²) in [7, 11) is -3.27. The first kappa shape index (κ1) is 14.7. The molecule has 0 radical (unpaired) electrons. The molecule has 2 unspecified atom stereocenters. The van der Waals surface area contributed by atoms with Crippen LogP contribution in [0.25, 0.3) is 0 Å². The molecule has 6 nitrogen and oxygen atoms in total. The second kappa shape index (κ2) is 6.19. The van der Waals surface area contributed by atoms with Crippen molar-refractivity contribution in [2.45, 2.75) is 38.7 Å². The normalized spacial score (nSPS) is 31.9. The van der Waals surface area contributed by atoms with E-state index in [1.165, 1.54) is 4.31 Å². The Morgan fingerprint density at radius 2 is 2.32 bits per heavy atom. The van der Waals surface area contributed by atoms with Crippen molar-refractivity contribution in [2.24, 2.45) is 11.1 Å². The SMILES string of the molecule is CCC1CN(S(=O)(=O)CC2CCCO2)CCC1=NO. The summed E-state index contributed by atoms with van der Waals surface area (Å²) in [5.74, 6) is 0.104. The second-order valence-electron chi connectivity index (χ2n) is 5.22. The Balaban J connectivity index is 2.00. The van der Waals surface area contributed by atoms with Crippen molar-refractivity contribution in [1.29, 1.82) is 0 Å². The van der Waals surface area contributed by atoms with E-state index in [2.05, 4.69) is 5.16 Å². The van der Waals surface area contributed by atoms with E-state index in [1.54, 1.807) is 0 Å². The number of nitrogens with zero attached hydrogens (tertiary/aromatic N) is 2. The summed E-state index contributed by atoms with van der Waals surface area (Å²) in [6.45, 7) is 3.47. The van der Waals surface area contributed by atoms with Crippen LogP contribution < -0.4 is 0 Å². The molecule has 2 rings (SSSR count). The van der Waals surface area contributed by atoms with E-state index in [9.17, 15) is 8.42 Å². The molecule has 2 aliphatic rings. The Labute approximate surface area is 114 Å². The minimum Gasteiger partial charge on any atom is -0.411 e. The van der Waals surface area contributed by atoms with Crippen LogP contribution in [-0.4, -0.2) is 55.2 Å². The molecular weight excluding hydrogens is 268 g/mol. The fourth-order valence-electron chi connectivity index (χ4n) is 2.75. The van der Waals surface area contributed by atoms with Gasteiger partial charge in [0.2, 0.25) is 10.0 Å². The van der Waals surface area contributed by atoms with Crippen LogP contribution in [0.1, 0.15) is 32.6 Å². The molecule has 110 valence electrons. The zero-order valence-electron chi connectivity index (χ0n) is 11.3. The standard InChI is InChI=1S/C12H22N2O4S/c1-2-10-8-14(6-5-12(10)13-15)19(16,17)9-11-4-3-7-18-11/h10-11,15H,2-9H2,1H3. The molecule has 2 aliphatic heterocycles. The highest BCUT2D eigenvalue weighted by molar-refractivity contribution is 7.89. The van der Waals surface area contributed by atoms with Crippen LogP contribution in [0.2, 0.25) is 0 Å². The summed E-state index contributed by atoms with van der Waals surface area (Å²) in [6.07, 6.45) is 2.91. The topological polar surface area (TPSA) is 79.2 Å². The molecule has 1 N–H and O–H groups in total. The molecule has 2 fully saturated rings. The number of rotatable bonds is 4. The number of oxime groups is 1. The van der Waals surface area contributed by atoms with Crippen LogP contribution in [0.5, 0.6) is 0 Å². The van der Waals surface area contributed by atoms with Gasteiger partial charge in [-0.05, 0) is 19.3 Å². The maximum atomic E-state index is 12.3. The van der Waals surface area contributed by atoms with E-state index in [1.807, 2.05) is 6.92 Å². The van der Waals surface area contributed by atoms with Crippen molar-refractivity contribution in [3.63, 3.8) is 0 Å². The highest BCUT2D eigenvalue weighted by atomic mass is 32.2. The lowest BCUT2D eigenvalue weighted by atomic mass is 9.95. The minimum absolute atomic E-state index is 0.0259. The van der Waals surface area contributed by atoms with Crippen LogP contribution in [0, 0.1) is 5.92 Å². The predicted octanol–water partition coefficient (Wildman–Crippen LogP) is 1.06. The average Bonchev–Trinajstić information content (AvgIpc) is 2.89. The molecule has 0 aromatic carbocycles. The quantitative estimate of drug-likeness (QED) is 0.620. The van der Waals surface area contributed by atoms with Crippen LogP contribution in [0.15, 0.2) is 5.16 Å². The van der Waals surface area contributed by atoms with Gasteiger partial charge in [0.15, 0.2) is 0 Å². The number of hydrogen-bond donors (Lipinski definition) is 1. The van der Waals surface area contributed by atoms with Crippen LogP contribution in [0.4, 0.5) is 0 Å². The van der Waals surface area contributed by atoms with Gasteiger partial charge < -0.3 is 9.94 Å². The van der Waals surface area contributed by atoms with E-state index in [-0.39, 0.29) is 17.8 Å². The molecule has 0 bridgehead atoms. The van der Waals surface area contributed by atoms with Crippen molar-refractivity contribution in [3.05, 3.63) is 0 Å². The van der Waals surface area contributed by atoms with Crippen molar-refractivity contribution < 1.29 is 18.4 Å². The Kier molecular flexibility index (Phi) is 4.81. The van der Waals surface area contributed by atoms with Crippen molar-refractivity contribution >= 4 is 15.7 Å². The summed E-state index contributed by atoms with van der Waals surface area (Å²) in [4.78, 5) is 0. The third-order valence-electron chi connectivity index (χ3n) is 3.95. The first-order valence-electron chi connectivity index (χ1n) is 6.87.